The summed E-state index contributed by atoms with van der Waals surface area (Å²) in [7, 11) is 1.64. The number of ether oxygens (including phenoxy) is 1. The van der Waals surface area contributed by atoms with E-state index in [2.05, 4.69) is 29.2 Å². The van der Waals surface area contributed by atoms with E-state index in [1.807, 2.05) is 16.3 Å². The Morgan fingerprint density at radius 3 is 2.96 bits per heavy atom. The molecule has 1 amide bonds. The summed E-state index contributed by atoms with van der Waals surface area (Å²) in [4.78, 5) is 19.3. The third-order valence-corrected chi connectivity index (χ3v) is 5.06. The van der Waals surface area contributed by atoms with E-state index in [1.165, 1.54) is 23.3 Å². The number of carbonyl (C=O) groups is 1. The molecule has 0 saturated carbocycles. The van der Waals surface area contributed by atoms with Crippen molar-refractivity contribution in [3.63, 3.8) is 0 Å². The van der Waals surface area contributed by atoms with Gasteiger partial charge in [0.25, 0.3) is 5.91 Å². The van der Waals surface area contributed by atoms with E-state index in [-0.39, 0.29) is 11.9 Å². The molecular formula is C18H22N2O2S. The van der Waals surface area contributed by atoms with Crippen LogP contribution in [0.1, 0.15) is 40.3 Å². The van der Waals surface area contributed by atoms with Crippen molar-refractivity contribution in [1.82, 2.24) is 9.88 Å². The highest BCUT2D eigenvalue weighted by atomic mass is 32.1. The van der Waals surface area contributed by atoms with Crippen molar-refractivity contribution in [2.45, 2.75) is 38.3 Å². The van der Waals surface area contributed by atoms with Gasteiger partial charge >= 0.3 is 0 Å². The van der Waals surface area contributed by atoms with E-state index >= 15 is 0 Å². The molecule has 23 heavy (non-hydrogen) atoms. The molecule has 1 aromatic carbocycles. The molecule has 1 aromatic heterocycles. The molecule has 0 spiro atoms. The summed E-state index contributed by atoms with van der Waals surface area (Å²) in [5, 5.41) is 2.71. The maximum absolute atomic E-state index is 12.8. The van der Waals surface area contributed by atoms with Gasteiger partial charge in [0.05, 0.1) is 6.61 Å². The van der Waals surface area contributed by atoms with Gasteiger partial charge in [0.15, 0.2) is 0 Å². The quantitative estimate of drug-likeness (QED) is 0.842. The standard InChI is InChI=1S/C18H22N2O2S/c1-22-12-17-19-16(13-23-17)18(21)20-10-6-5-9-15(20)11-14-7-3-2-4-8-14/h2-4,7-8,13,15H,5-6,9-12H2,1H3/t15-/m0/s1. The molecule has 122 valence electrons. The lowest BCUT2D eigenvalue weighted by atomic mass is 9.95. The Morgan fingerprint density at radius 2 is 2.17 bits per heavy atom. The molecule has 2 aromatic rings. The summed E-state index contributed by atoms with van der Waals surface area (Å²) in [6, 6.07) is 10.7. The summed E-state index contributed by atoms with van der Waals surface area (Å²) >= 11 is 1.49. The molecule has 1 atom stereocenters. The van der Waals surface area contributed by atoms with E-state index in [0.29, 0.717) is 12.3 Å². The van der Waals surface area contributed by atoms with Gasteiger partial charge in [-0.25, -0.2) is 4.98 Å². The van der Waals surface area contributed by atoms with Crippen molar-refractivity contribution in [2.75, 3.05) is 13.7 Å². The first kappa shape index (κ1) is 16.1. The Morgan fingerprint density at radius 1 is 1.35 bits per heavy atom. The van der Waals surface area contributed by atoms with Gasteiger partial charge in [-0.2, -0.15) is 0 Å². The number of aromatic nitrogens is 1. The van der Waals surface area contributed by atoms with Crippen LogP contribution >= 0.6 is 11.3 Å². The minimum absolute atomic E-state index is 0.0595. The third kappa shape index (κ3) is 3.98. The van der Waals surface area contributed by atoms with E-state index in [0.717, 1.165) is 30.8 Å². The Hall–Kier alpha value is -1.72. The molecule has 1 saturated heterocycles. The second kappa shape index (κ2) is 7.70. The summed E-state index contributed by atoms with van der Waals surface area (Å²) in [5.74, 6) is 0.0595. The molecule has 0 unspecified atom stereocenters. The number of piperidine rings is 1. The Kier molecular flexibility index (Phi) is 5.41. The molecule has 3 rings (SSSR count). The number of likely N-dealkylation sites (tertiary alicyclic amines) is 1. The number of hydrogen-bond acceptors (Lipinski definition) is 4. The fraction of sp³-hybridized carbons (Fsp3) is 0.444. The van der Waals surface area contributed by atoms with Gasteiger partial charge in [0.1, 0.15) is 10.7 Å². The fourth-order valence-electron chi connectivity index (χ4n) is 3.11. The van der Waals surface area contributed by atoms with Crippen LogP contribution in [0.3, 0.4) is 0 Å². The van der Waals surface area contributed by atoms with Crippen molar-refractivity contribution in [3.05, 3.63) is 52.0 Å². The lowest BCUT2D eigenvalue weighted by Gasteiger charge is -2.35. The second-order valence-electron chi connectivity index (χ2n) is 5.90. The smallest absolute Gasteiger partial charge is 0.273 e. The minimum atomic E-state index is 0.0595. The van der Waals surface area contributed by atoms with Crippen LogP contribution in [0, 0.1) is 0 Å². The number of rotatable bonds is 5. The summed E-state index contributed by atoms with van der Waals surface area (Å²) in [5.41, 5.74) is 1.84. The first-order valence-corrected chi connectivity index (χ1v) is 8.94. The van der Waals surface area contributed by atoms with E-state index in [9.17, 15) is 4.79 Å². The van der Waals surface area contributed by atoms with Crippen LogP contribution in [0.4, 0.5) is 0 Å². The number of carbonyl (C=O) groups excluding carboxylic acids is 1. The Balaban J connectivity index is 1.73. The molecule has 1 aliphatic rings. The van der Waals surface area contributed by atoms with Crippen LogP contribution in [0.15, 0.2) is 35.7 Å². The van der Waals surface area contributed by atoms with Crippen LogP contribution in [-0.2, 0) is 17.8 Å². The van der Waals surface area contributed by atoms with E-state index in [1.54, 1.807) is 7.11 Å². The largest absolute Gasteiger partial charge is 0.378 e. The van der Waals surface area contributed by atoms with Gasteiger partial charge in [0.2, 0.25) is 0 Å². The number of nitrogens with zero attached hydrogens (tertiary/aromatic N) is 2. The molecule has 0 aliphatic carbocycles. The van der Waals surface area contributed by atoms with E-state index < -0.39 is 0 Å². The van der Waals surface area contributed by atoms with Crippen molar-refractivity contribution in [1.29, 1.82) is 0 Å². The van der Waals surface area contributed by atoms with Crippen LogP contribution in [0.25, 0.3) is 0 Å². The molecule has 2 heterocycles. The summed E-state index contributed by atoms with van der Waals surface area (Å²) in [6.07, 6.45) is 4.25. The van der Waals surface area contributed by atoms with Gasteiger partial charge in [-0.05, 0) is 31.2 Å². The number of hydrogen-bond donors (Lipinski definition) is 0. The van der Waals surface area contributed by atoms with Crippen molar-refractivity contribution < 1.29 is 9.53 Å². The van der Waals surface area contributed by atoms with Gasteiger partial charge in [-0.3, -0.25) is 4.79 Å². The molecule has 0 N–H and O–H groups in total. The summed E-state index contributed by atoms with van der Waals surface area (Å²) in [6.45, 7) is 1.29. The van der Waals surface area contributed by atoms with Crippen LogP contribution in [0.2, 0.25) is 0 Å². The van der Waals surface area contributed by atoms with Crippen LogP contribution < -0.4 is 0 Å². The zero-order chi connectivity index (χ0) is 16.1. The Bertz CT molecular complexity index is 641. The Labute approximate surface area is 141 Å². The normalized spacial score (nSPS) is 18.1. The maximum atomic E-state index is 12.8. The average Bonchev–Trinajstić information content (AvgIpc) is 3.05. The predicted octanol–water partition coefficient (Wildman–Crippen LogP) is 3.53. The van der Waals surface area contributed by atoms with Crippen LogP contribution in [0.5, 0.6) is 0 Å². The topological polar surface area (TPSA) is 42.4 Å². The number of methoxy groups -OCH3 is 1. The van der Waals surface area contributed by atoms with Crippen molar-refractivity contribution in [3.8, 4) is 0 Å². The molecule has 4 nitrogen and oxygen atoms in total. The average molecular weight is 330 g/mol. The second-order valence-corrected chi connectivity index (χ2v) is 6.84. The molecule has 5 heteroatoms. The number of benzene rings is 1. The monoisotopic (exact) mass is 330 g/mol. The molecule has 0 bridgehead atoms. The van der Waals surface area contributed by atoms with Crippen molar-refractivity contribution in [2.24, 2.45) is 0 Å². The van der Waals surface area contributed by atoms with Gasteiger partial charge in [-0.15, -0.1) is 11.3 Å². The van der Waals surface area contributed by atoms with Gasteiger partial charge in [0, 0.05) is 25.1 Å². The van der Waals surface area contributed by atoms with Crippen molar-refractivity contribution >= 4 is 17.2 Å². The molecular weight excluding hydrogens is 308 g/mol. The third-order valence-electron chi connectivity index (χ3n) is 4.24. The first-order chi connectivity index (χ1) is 11.3. The molecule has 1 aliphatic heterocycles. The number of amides is 1. The zero-order valence-electron chi connectivity index (χ0n) is 13.4. The fourth-order valence-corrected chi connectivity index (χ4v) is 3.85. The number of thiazole rings is 1. The zero-order valence-corrected chi connectivity index (χ0v) is 14.2. The lowest BCUT2D eigenvalue weighted by Crippen LogP contribution is -2.45. The predicted molar refractivity (Wildman–Crippen MR) is 91.6 cm³/mol. The SMILES string of the molecule is COCc1nc(C(=O)N2CCCC[C@H]2Cc2ccccc2)cs1. The molecule has 1 fully saturated rings. The van der Waals surface area contributed by atoms with Gasteiger partial charge in [-0.1, -0.05) is 30.3 Å². The van der Waals surface area contributed by atoms with Gasteiger partial charge < -0.3 is 9.64 Å². The maximum Gasteiger partial charge on any atom is 0.273 e. The minimum Gasteiger partial charge on any atom is -0.378 e. The highest BCUT2D eigenvalue weighted by Crippen LogP contribution is 2.23. The van der Waals surface area contributed by atoms with Crippen LogP contribution in [-0.4, -0.2) is 35.5 Å². The van der Waals surface area contributed by atoms with E-state index in [4.69, 9.17) is 4.74 Å². The lowest BCUT2D eigenvalue weighted by molar-refractivity contribution is 0.0607. The highest BCUT2D eigenvalue weighted by molar-refractivity contribution is 7.09. The highest BCUT2D eigenvalue weighted by Gasteiger charge is 2.28. The molecule has 0 radical (unpaired) electrons. The first-order valence-electron chi connectivity index (χ1n) is 8.06. The summed E-state index contributed by atoms with van der Waals surface area (Å²) < 4.78 is 5.09.